The van der Waals surface area contributed by atoms with Crippen LogP contribution in [-0.2, 0) is 11.2 Å². The van der Waals surface area contributed by atoms with Crippen LogP contribution in [0.25, 0.3) is 0 Å². The average molecular weight is 443 g/mol. The van der Waals surface area contributed by atoms with Crippen molar-refractivity contribution < 1.29 is 33.7 Å². The Kier molecular flexibility index (Phi) is 14.9. The van der Waals surface area contributed by atoms with Crippen LogP contribution in [0.3, 0.4) is 0 Å². The summed E-state index contributed by atoms with van der Waals surface area (Å²) in [7, 11) is 0. The van der Waals surface area contributed by atoms with Gasteiger partial charge >= 0.3 is 12.1 Å². The Labute approximate surface area is 170 Å². The number of hydrogen-bond donors (Lipinski definition) is 4. The SMILES string of the molecule is CSc1ccccc1CC(S)S.O.O=C(O)C(F)(F)F.Oc1ccccc1. The minimum Gasteiger partial charge on any atom is -0.508 e. The quantitative estimate of drug-likeness (QED) is 0.324. The van der Waals surface area contributed by atoms with Crippen molar-refractivity contribution in [3.63, 3.8) is 0 Å². The van der Waals surface area contributed by atoms with Gasteiger partial charge in [0.25, 0.3) is 0 Å². The van der Waals surface area contributed by atoms with Crippen LogP contribution in [0.15, 0.2) is 59.5 Å². The first kappa shape index (κ1) is 27.7. The average Bonchev–Trinajstić information content (AvgIpc) is 2.56. The second-order valence-corrected chi connectivity index (χ2v) is 7.14. The van der Waals surface area contributed by atoms with Gasteiger partial charge in [-0.2, -0.15) is 38.4 Å². The number of hydrogen-bond acceptors (Lipinski definition) is 5. The molecule has 4 N–H and O–H groups in total. The Morgan fingerprint density at radius 3 is 1.85 bits per heavy atom. The fourth-order valence-electron chi connectivity index (χ4n) is 1.50. The van der Waals surface area contributed by atoms with Gasteiger partial charge in [-0.05, 0) is 36.4 Å². The number of benzene rings is 2. The highest BCUT2D eigenvalue weighted by atomic mass is 32.2. The monoisotopic (exact) mass is 442 g/mol. The molecule has 0 fully saturated rings. The Morgan fingerprint density at radius 1 is 1.07 bits per heavy atom. The number of rotatable bonds is 3. The Balaban J connectivity index is 0. The summed E-state index contributed by atoms with van der Waals surface area (Å²) < 4.78 is 31.9. The molecule has 0 spiro atoms. The highest BCUT2D eigenvalue weighted by molar-refractivity contribution is 7.99. The maximum atomic E-state index is 10.6. The Hall–Kier alpha value is -1.49. The van der Waals surface area contributed by atoms with Gasteiger partial charge in [0.1, 0.15) is 5.75 Å². The van der Waals surface area contributed by atoms with Crippen LogP contribution in [0.1, 0.15) is 5.56 Å². The summed E-state index contributed by atoms with van der Waals surface area (Å²) in [4.78, 5) is 10.2. The molecule has 2 aromatic carbocycles. The van der Waals surface area contributed by atoms with Crippen molar-refractivity contribution in [2.75, 3.05) is 6.26 Å². The van der Waals surface area contributed by atoms with Crippen molar-refractivity contribution in [1.82, 2.24) is 0 Å². The maximum absolute atomic E-state index is 10.6. The van der Waals surface area contributed by atoms with Gasteiger partial charge < -0.3 is 15.7 Å². The molecule has 0 atom stereocenters. The highest BCUT2D eigenvalue weighted by Crippen LogP contribution is 2.22. The zero-order valence-corrected chi connectivity index (χ0v) is 16.8. The van der Waals surface area contributed by atoms with Crippen LogP contribution in [0.5, 0.6) is 5.75 Å². The number of aliphatic carboxylic acids is 1. The smallest absolute Gasteiger partial charge is 0.490 e. The van der Waals surface area contributed by atoms with Crippen LogP contribution in [0, 0.1) is 0 Å². The number of para-hydroxylation sites is 1. The summed E-state index contributed by atoms with van der Waals surface area (Å²) in [6.45, 7) is 0. The zero-order valence-electron chi connectivity index (χ0n) is 14.2. The van der Waals surface area contributed by atoms with Gasteiger partial charge in [-0.3, -0.25) is 0 Å². The normalized spacial score (nSPS) is 9.89. The van der Waals surface area contributed by atoms with Crippen LogP contribution < -0.4 is 0 Å². The van der Waals surface area contributed by atoms with E-state index in [9.17, 15) is 13.2 Å². The lowest BCUT2D eigenvalue weighted by Gasteiger charge is -2.07. The number of halogens is 3. The van der Waals surface area contributed by atoms with Gasteiger partial charge in [-0.15, -0.1) is 11.8 Å². The van der Waals surface area contributed by atoms with Crippen molar-refractivity contribution in [1.29, 1.82) is 0 Å². The molecule has 0 aliphatic carbocycles. The van der Waals surface area contributed by atoms with Crippen LogP contribution in [0.4, 0.5) is 13.2 Å². The predicted molar refractivity (Wildman–Crippen MR) is 109 cm³/mol. The van der Waals surface area contributed by atoms with Crippen molar-refractivity contribution in [3.8, 4) is 5.75 Å². The van der Waals surface area contributed by atoms with E-state index in [2.05, 4.69) is 55.8 Å². The zero-order chi connectivity index (χ0) is 20.2. The molecule has 2 rings (SSSR count). The molecule has 152 valence electrons. The first-order valence-corrected chi connectivity index (χ1v) is 9.35. The van der Waals surface area contributed by atoms with Gasteiger partial charge in [-0.1, -0.05) is 36.4 Å². The molecule has 10 heteroatoms. The summed E-state index contributed by atoms with van der Waals surface area (Å²) in [5.74, 6) is -2.44. The molecular formula is C17H21F3O4S3. The van der Waals surface area contributed by atoms with Gasteiger partial charge in [0.2, 0.25) is 0 Å². The second-order valence-electron chi connectivity index (χ2n) is 4.64. The van der Waals surface area contributed by atoms with E-state index in [1.54, 1.807) is 36.0 Å². The number of thioether (sulfide) groups is 1. The third kappa shape index (κ3) is 14.3. The third-order valence-corrected chi connectivity index (χ3v) is 3.80. The van der Waals surface area contributed by atoms with Crippen molar-refractivity contribution in [3.05, 3.63) is 60.2 Å². The molecule has 0 aliphatic heterocycles. The summed E-state index contributed by atoms with van der Waals surface area (Å²) in [5.41, 5.74) is 1.33. The number of aromatic hydroxyl groups is 1. The first-order chi connectivity index (χ1) is 12.1. The lowest BCUT2D eigenvalue weighted by atomic mass is 10.2. The minimum atomic E-state index is -5.08. The second kappa shape index (κ2) is 14.6. The van der Waals surface area contributed by atoms with E-state index in [1.807, 2.05) is 6.07 Å². The molecule has 0 amide bonds. The first-order valence-electron chi connectivity index (χ1n) is 7.10. The lowest BCUT2D eigenvalue weighted by molar-refractivity contribution is -0.192. The molecular weight excluding hydrogens is 421 g/mol. The fourth-order valence-corrected chi connectivity index (χ4v) is 2.52. The van der Waals surface area contributed by atoms with Crippen molar-refractivity contribution in [2.24, 2.45) is 0 Å². The van der Waals surface area contributed by atoms with E-state index < -0.39 is 12.1 Å². The number of phenolic OH excluding ortho intramolecular Hbond substituents is 1. The van der Waals surface area contributed by atoms with Gasteiger partial charge in [0.05, 0.1) is 0 Å². The van der Waals surface area contributed by atoms with Crippen molar-refractivity contribution >= 4 is 43.0 Å². The summed E-state index contributed by atoms with van der Waals surface area (Å²) in [6.07, 6.45) is -2.08. The number of phenols is 1. The third-order valence-electron chi connectivity index (χ3n) is 2.59. The molecule has 0 unspecified atom stereocenters. The summed E-state index contributed by atoms with van der Waals surface area (Å²) in [6, 6.07) is 17.1. The highest BCUT2D eigenvalue weighted by Gasteiger charge is 2.38. The number of alkyl halides is 3. The molecule has 0 aromatic heterocycles. The molecule has 0 saturated heterocycles. The van der Waals surface area contributed by atoms with E-state index in [-0.39, 0.29) is 10.1 Å². The van der Waals surface area contributed by atoms with Crippen LogP contribution in [-0.4, -0.2) is 38.7 Å². The Morgan fingerprint density at radius 2 is 1.52 bits per heavy atom. The van der Waals surface area contributed by atoms with Crippen LogP contribution in [0.2, 0.25) is 0 Å². The molecule has 0 bridgehead atoms. The predicted octanol–water partition coefficient (Wildman–Crippen LogP) is 4.34. The largest absolute Gasteiger partial charge is 0.508 e. The van der Waals surface area contributed by atoms with Crippen molar-refractivity contribution in [2.45, 2.75) is 22.1 Å². The van der Waals surface area contributed by atoms with E-state index in [1.165, 1.54) is 10.5 Å². The molecule has 0 saturated carbocycles. The summed E-state index contributed by atoms with van der Waals surface area (Å²) in [5, 5.41) is 15.8. The maximum Gasteiger partial charge on any atom is 0.490 e. The molecule has 0 heterocycles. The van der Waals surface area contributed by atoms with E-state index in [0.29, 0.717) is 5.75 Å². The molecule has 0 aliphatic rings. The number of carbonyl (C=O) groups is 1. The molecule has 4 nitrogen and oxygen atoms in total. The minimum absolute atomic E-state index is 0. The topological polar surface area (TPSA) is 89.0 Å². The van der Waals surface area contributed by atoms with E-state index in [4.69, 9.17) is 15.0 Å². The van der Waals surface area contributed by atoms with E-state index >= 15 is 0 Å². The summed E-state index contributed by atoms with van der Waals surface area (Å²) >= 11 is 10.3. The molecule has 27 heavy (non-hydrogen) atoms. The van der Waals surface area contributed by atoms with Crippen LogP contribution >= 0.6 is 37.0 Å². The molecule has 0 radical (unpaired) electrons. The van der Waals surface area contributed by atoms with Gasteiger partial charge in [0.15, 0.2) is 0 Å². The lowest BCUT2D eigenvalue weighted by Crippen LogP contribution is -2.21. The van der Waals surface area contributed by atoms with E-state index in [0.717, 1.165) is 6.42 Å². The molecule has 2 aromatic rings. The number of carboxylic acid groups (broad SMARTS) is 1. The Bertz CT molecular complexity index is 653. The fraction of sp³-hybridized carbons (Fsp3) is 0.235. The standard InChI is InChI=1S/C9H12S3.C6H6O.C2HF3O2.H2O/c1-12-8-5-3-2-4-7(8)6-9(10)11;7-6-4-2-1-3-5-6;3-2(4,5)1(6)7;/h2-5,9-11H,6H2,1H3;1-5,7H;(H,6,7);1H2. The number of thiol groups is 2. The van der Waals surface area contributed by atoms with Gasteiger partial charge in [0, 0.05) is 9.48 Å². The number of carboxylic acids is 1. The van der Waals surface area contributed by atoms with Gasteiger partial charge in [-0.25, -0.2) is 4.79 Å².